The first kappa shape index (κ1) is 22.4. The first-order valence-corrected chi connectivity index (χ1v) is 9.83. The zero-order chi connectivity index (χ0) is 22.9. The molecule has 0 fully saturated rings. The number of imidazole rings is 1. The van der Waals surface area contributed by atoms with E-state index in [9.17, 15) is 4.79 Å². The number of carbonyl (C=O) groups is 1. The van der Waals surface area contributed by atoms with Gasteiger partial charge in [0.15, 0.2) is 18.1 Å². The average molecular weight is 432 g/mol. The number of rotatable bonds is 9. The molecule has 3 rings (SSSR count). The highest BCUT2D eigenvalue weighted by Gasteiger charge is 2.20. The fourth-order valence-electron chi connectivity index (χ4n) is 3.13. The number of nitrogens with one attached hydrogen (secondary N) is 1. The van der Waals surface area contributed by atoms with Crippen LogP contribution in [0.15, 0.2) is 60.9 Å². The molecule has 1 atom stereocenters. The van der Waals surface area contributed by atoms with E-state index in [1.165, 1.54) is 13.2 Å². The first-order valence-electron chi connectivity index (χ1n) is 9.83. The van der Waals surface area contributed by atoms with Crippen LogP contribution in [0.25, 0.3) is 6.08 Å². The summed E-state index contributed by atoms with van der Waals surface area (Å²) in [7, 11) is 5.00. The number of hydrogen-bond donors (Lipinski definition) is 1. The third-order valence-electron chi connectivity index (χ3n) is 4.76. The van der Waals surface area contributed by atoms with E-state index in [1.807, 2.05) is 48.1 Å². The standard InChI is InChI=1S/C24H24N4O4/c1-28-14-13-26-24(28)23(18-6-8-19(30-2)9-7-18)27-22(29)11-5-17-4-10-20(32-15-12-25)21(16-17)31-3/h4-11,13-14,16,23H,15H2,1-3H3,(H,27,29)/b11-5+. The molecule has 0 saturated carbocycles. The maximum atomic E-state index is 12.7. The monoisotopic (exact) mass is 432 g/mol. The summed E-state index contributed by atoms with van der Waals surface area (Å²) >= 11 is 0. The van der Waals surface area contributed by atoms with E-state index >= 15 is 0 Å². The lowest BCUT2D eigenvalue weighted by atomic mass is 10.1. The van der Waals surface area contributed by atoms with Gasteiger partial charge in [0.05, 0.1) is 14.2 Å². The Balaban J connectivity index is 1.78. The molecule has 8 nitrogen and oxygen atoms in total. The number of hydrogen-bond acceptors (Lipinski definition) is 6. The van der Waals surface area contributed by atoms with Crippen LogP contribution < -0.4 is 19.5 Å². The van der Waals surface area contributed by atoms with E-state index < -0.39 is 6.04 Å². The van der Waals surface area contributed by atoms with Gasteiger partial charge in [0.2, 0.25) is 5.91 Å². The molecule has 0 radical (unpaired) electrons. The van der Waals surface area contributed by atoms with Crippen LogP contribution >= 0.6 is 0 Å². The summed E-state index contributed by atoms with van der Waals surface area (Å²) in [5.41, 5.74) is 1.63. The average Bonchev–Trinajstić information content (AvgIpc) is 3.25. The van der Waals surface area contributed by atoms with Crippen molar-refractivity contribution in [1.82, 2.24) is 14.9 Å². The maximum absolute atomic E-state index is 12.7. The van der Waals surface area contributed by atoms with Crippen LogP contribution in [0, 0.1) is 11.3 Å². The SMILES string of the molecule is COc1ccc(C(NC(=O)/C=C/c2ccc(OCC#N)c(OC)c2)c2nccn2C)cc1. The van der Waals surface area contributed by atoms with Crippen molar-refractivity contribution in [3.8, 4) is 23.3 Å². The van der Waals surface area contributed by atoms with Gasteiger partial charge in [0.25, 0.3) is 0 Å². The van der Waals surface area contributed by atoms with E-state index in [0.29, 0.717) is 17.3 Å². The van der Waals surface area contributed by atoms with Crippen LogP contribution in [-0.2, 0) is 11.8 Å². The predicted molar refractivity (Wildman–Crippen MR) is 119 cm³/mol. The minimum absolute atomic E-state index is 0.0755. The van der Waals surface area contributed by atoms with Gasteiger partial charge in [-0.25, -0.2) is 4.98 Å². The Kier molecular flexibility index (Phi) is 7.49. The summed E-state index contributed by atoms with van der Waals surface area (Å²) in [4.78, 5) is 17.1. The summed E-state index contributed by atoms with van der Waals surface area (Å²) in [5.74, 6) is 2.10. The van der Waals surface area contributed by atoms with Crippen molar-refractivity contribution in [3.63, 3.8) is 0 Å². The Morgan fingerprint density at radius 3 is 2.59 bits per heavy atom. The molecule has 1 N–H and O–H groups in total. The van der Waals surface area contributed by atoms with Crippen molar-refractivity contribution >= 4 is 12.0 Å². The van der Waals surface area contributed by atoms with Gasteiger partial charge in [-0.05, 0) is 41.5 Å². The highest BCUT2D eigenvalue weighted by atomic mass is 16.5. The molecule has 164 valence electrons. The second-order valence-corrected chi connectivity index (χ2v) is 6.80. The zero-order valence-electron chi connectivity index (χ0n) is 18.1. The Morgan fingerprint density at radius 2 is 1.97 bits per heavy atom. The normalized spacial score (nSPS) is 11.6. The van der Waals surface area contributed by atoms with Gasteiger partial charge in [-0.2, -0.15) is 5.26 Å². The summed E-state index contributed by atoms with van der Waals surface area (Å²) in [6.07, 6.45) is 6.64. The van der Waals surface area contributed by atoms with E-state index in [1.54, 1.807) is 37.6 Å². The summed E-state index contributed by atoms with van der Waals surface area (Å²) < 4.78 is 17.7. The molecule has 32 heavy (non-hydrogen) atoms. The van der Waals surface area contributed by atoms with Crippen LogP contribution in [0.3, 0.4) is 0 Å². The second-order valence-electron chi connectivity index (χ2n) is 6.80. The van der Waals surface area contributed by atoms with E-state index in [4.69, 9.17) is 19.5 Å². The summed E-state index contributed by atoms with van der Waals surface area (Å²) in [5, 5.41) is 11.7. The Morgan fingerprint density at radius 1 is 1.19 bits per heavy atom. The van der Waals surface area contributed by atoms with Crippen LogP contribution in [0.1, 0.15) is 23.0 Å². The van der Waals surface area contributed by atoms with E-state index in [-0.39, 0.29) is 12.5 Å². The molecule has 2 aromatic carbocycles. The number of nitrogens with zero attached hydrogens (tertiary/aromatic N) is 3. The Bertz CT molecular complexity index is 1130. The minimum atomic E-state index is -0.436. The van der Waals surface area contributed by atoms with Crippen molar-refractivity contribution in [2.45, 2.75) is 6.04 Å². The largest absolute Gasteiger partial charge is 0.497 e. The highest BCUT2D eigenvalue weighted by molar-refractivity contribution is 5.92. The second kappa shape index (κ2) is 10.7. The third kappa shape index (κ3) is 5.46. The number of ether oxygens (including phenoxy) is 3. The topological polar surface area (TPSA) is 98.4 Å². The highest BCUT2D eigenvalue weighted by Crippen LogP contribution is 2.28. The van der Waals surface area contributed by atoms with Gasteiger partial charge < -0.3 is 24.1 Å². The third-order valence-corrected chi connectivity index (χ3v) is 4.76. The quantitative estimate of drug-likeness (QED) is 0.521. The van der Waals surface area contributed by atoms with Crippen molar-refractivity contribution in [2.75, 3.05) is 20.8 Å². The van der Waals surface area contributed by atoms with Crippen molar-refractivity contribution in [3.05, 3.63) is 77.9 Å². The van der Waals surface area contributed by atoms with Crippen LogP contribution in [0.5, 0.6) is 17.2 Å². The molecular formula is C24H24N4O4. The van der Waals surface area contributed by atoms with Crippen molar-refractivity contribution < 1.29 is 19.0 Å². The van der Waals surface area contributed by atoms with Crippen LogP contribution in [0.4, 0.5) is 0 Å². The van der Waals surface area contributed by atoms with Gasteiger partial charge >= 0.3 is 0 Å². The smallest absolute Gasteiger partial charge is 0.244 e. The molecule has 1 aromatic heterocycles. The summed E-state index contributed by atoms with van der Waals surface area (Å²) in [6.45, 7) is -0.0755. The van der Waals surface area contributed by atoms with E-state index in [2.05, 4.69) is 10.3 Å². The minimum Gasteiger partial charge on any atom is -0.497 e. The lowest BCUT2D eigenvalue weighted by Gasteiger charge is -2.18. The van der Waals surface area contributed by atoms with Gasteiger partial charge in [0.1, 0.15) is 23.7 Å². The lowest BCUT2D eigenvalue weighted by molar-refractivity contribution is -0.117. The first-order chi connectivity index (χ1) is 15.5. The molecule has 1 heterocycles. The molecular weight excluding hydrogens is 408 g/mol. The van der Waals surface area contributed by atoms with Crippen LogP contribution in [-0.4, -0.2) is 36.3 Å². The molecule has 0 aliphatic rings. The molecule has 0 aliphatic carbocycles. The number of aromatic nitrogens is 2. The maximum Gasteiger partial charge on any atom is 0.244 e. The molecule has 1 amide bonds. The van der Waals surface area contributed by atoms with Gasteiger partial charge in [-0.15, -0.1) is 0 Å². The number of amides is 1. The molecule has 1 unspecified atom stereocenters. The van der Waals surface area contributed by atoms with Crippen molar-refractivity contribution in [1.29, 1.82) is 5.26 Å². The molecule has 0 spiro atoms. The number of aryl methyl sites for hydroxylation is 1. The van der Waals surface area contributed by atoms with Gasteiger partial charge in [0, 0.05) is 25.5 Å². The molecule has 3 aromatic rings. The molecule has 0 saturated heterocycles. The molecule has 0 aliphatic heterocycles. The predicted octanol–water partition coefficient (Wildman–Crippen LogP) is 3.26. The number of nitriles is 1. The molecule has 8 heteroatoms. The zero-order valence-corrected chi connectivity index (χ0v) is 18.1. The Hall–Kier alpha value is -4.25. The van der Waals surface area contributed by atoms with E-state index in [0.717, 1.165) is 16.9 Å². The van der Waals surface area contributed by atoms with Crippen LogP contribution in [0.2, 0.25) is 0 Å². The van der Waals surface area contributed by atoms with Gasteiger partial charge in [-0.3, -0.25) is 4.79 Å². The lowest BCUT2D eigenvalue weighted by Crippen LogP contribution is -2.29. The molecule has 0 bridgehead atoms. The Labute approximate surface area is 186 Å². The van der Waals surface area contributed by atoms with Gasteiger partial charge in [-0.1, -0.05) is 18.2 Å². The fraction of sp³-hybridized carbons (Fsp3) is 0.208. The summed E-state index contributed by atoms with van der Waals surface area (Å²) in [6, 6.07) is 14.2. The number of methoxy groups -OCH3 is 2. The fourth-order valence-corrected chi connectivity index (χ4v) is 3.13. The number of benzene rings is 2. The number of carbonyl (C=O) groups excluding carboxylic acids is 1. The van der Waals surface area contributed by atoms with Crippen molar-refractivity contribution in [2.24, 2.45) is 7.05 Å².